The van der Waals surface area contributed by atoms with E-state index < -0.39 is 64.8 Å². The van der Waals surface area contributed by atoms with Gasteiger partial charge in [-0.15, -0.1) is 0 Å². The minimum absolute atomic E-state index is 0.132. The molecule has 3 heterocycles. The first-order valence-corrected chi connectivity index (χ1v) is 14.6. The Labute approximate surface area is 233 Å². The third-order valence-corrected chi connectivity index (χ3v) is 11.9. The second-order valence-electron chi connectivity index (χ2n) is 13.6. The van der Waals surface area contributed by atoms with E-state index in [0.29, 0.717) is 38.5 Å². The van der Waals surface area contributed by atoms with Gasteiger partial charge in [-0.25, -0.2) is 4.79 Å². The summed E-state index contributed by atoms with van der Waals surface area (Å²) >= 11 is 0. The van der Waals surface area contributed by atoms with E-state index in [4.69, 9.17) is 23.7 Å². The molecule has 13 atom stereocenters. The van der Waals surface area contributed by atoms with Gasteiger partial charge in [0.1, 0.15) is 24.9 Å². The van der Waals surface area contributed by atoms with Crippen LogP contribution >= 0.6 is 0 Å². The third kappa shape index (κ3) is 3.30. The monoisotopic (exact) mass is 560 g/mol. The van der Waals surface area contributed by atoms with Gasteiger partial charge in [-0.3, -0.25) is 4.79 Å². The number of Topliss-reactive ketones (excluding diaryl/α,β-unsaturated/α-hetero) is 1. The Hall–Kier alpha value is -1.66. The van der Waals surface area contributed by atoms with E-state index in [0.717, 1.165) is 11.1 Å². The van der Waals surface area contributed by atoms with Gasteiger partial charge >= 0.3 is 5.97 Å². The number of hydrogen-bond acceptors (Lipinski definition) is 10. The molecule has 220 valence electrons. The first-order valence-electron chi connectivity index (χ1n) is 14.6. The molecule has 3 aliphatic heterocycles. The maximum absolute atomic E-state index is 14.2. The first kappa shape index (κ1) is 27.2. The number of hydrogen-bond donors (Lipinski definition) is 3. The molecule has 0 aromatic carbocycles. The average molecular weight is 561 g/mol. The molecule has 0 aromatic rings. The van der Waals surface area contributed by atoms with Gasteiger partial charge in [0.15, 0.2) is 5.78 Å². The number of esters is 1. The van der Waals surface area contributed by atoms with Crippen LogP contribution in [0, 0.1) is 28.6 Å². The fourth-order valence-corrected chi connectivity index (χ4v) is 9.80. The van der Waals surface area contributed by atoms with E-state index >= 15 is 0 Å². The molecule has 3 N–H and O–H groups in total. The maximum atomic E-state index is 14.2. The number of ketones is 1. The smallest absolute Gasteiger partial charge is 0.331 e. The van der Waals surface area contributed by atoms with Crippen LogP contribution in [0.4, 0.5) is 0 Å². The van der Waals surface area contributed by atoms with Crippen molar-refractivity contribution in [2.45, 2.75) is 107 Å². The number of ether oxygens (including phenoxy) is 5. The summed E-state index contributed by atoms with van der Waals surface area (Å²) in [4.78, 5) is 26.1. The Morgan fingerprint density at radius 2 is 1.90 bits per heavy atom. The van der Waals surface area contributed by atoms with Crippen LogP contribution in [-0.4, -0.2) is 89.0 Å². The second kappa shape index (κ2) is 8.69. The summed E-state index contributed by atoms with van der Waals surface area (Å²) in [6, 6.07) is 0. The number of carbonyl (C=O) groups is 2. The van der Waals surface area contributed by atoms with E-state index in [2.05, 4.69) is 0 Å². The van der Waals surface area contributed by atoms with Gasteiger partial charge in [-0.2, -0.15) is 0 Å². The van der Waals surface area contributed by atoms with E-state index in [9.17, 15) is 24.9 Å². The largest absolute Gasteiger partial charge is 0.458 e. The van der Waals surface area contributed by atoms with E-state index in [1.807, 2.05) is 26.8 Å². The lowest BCUT2D eigenvalue weighted by atomic mass is 9.43. The summed E-state index contributed by atoms with van der Waals surface area (Å²) in [7, 11) is 1.53. The zero-order chi connectivity index (χ0) is 28.4. The van der Waals surface area contributed by atoms with Crippen LogP contribution < -0.4 is 0 Å². The highest BCUT2D eigenvalue weighted by molar-refractivity contribution is 5.90. The van der Waals surface area contributed by atoms with Crippen LogP contribution in [0.25, 0.3) is 0 Å². The van der Waals surface area contributed by atoms with Crippen LogP contribution in [0.3, 0.4) is 0 Å². The molecule has 0 amide bonds. The molecule has 0 spiro atoms. The van der Waals surface area contributed by atoms with Crippen LogP contribution in [0.2, 0.25) is 0 Å². The Morgan fingerprint density at radius 3 is 2.60 bits per heavy atom. The summed E-state index contributed by atoms with van der Waals surface area (Å²) in [6.07, 6.45) is 2.29. The predicted octanol–water partition coefficient (Wildman–Crippen LogP) is 1.55. The summed E-state index contributed by atoms with van der Waals surface area (Å²) < 4.78 is 29.3. The van der Waals surface area contributed by atoms with Crippen LogP contribution in [-0.2, 0) is 33.3 Å². The molecular weight excluding hydrogens is 520 g/mol. The van der Waals surface area contributed by atoms with Crippen molar-refractivity contribution in [3.8, 4) is 0 Å². The van der Waals surface area contributed by atoms with Crippen LogP contribution in [0.1, 0.15) is 59.3 Å². The van der Waals surface area contributed by atoms with Crippen molar-refractivity contribution in [3.05, 3.63) is 23.3 Å². The lowest BCUT2D eigenvalue weighted by molar-refractivity contribution is -0.449. The number of rotatable bonds is 2. The second-order valence-corrected chi connectivity index (χ2v) is 13.6. The molecule has 7 rings (SSSR count). The third-order valence-electron chi connectivity index (χ3n) is 11.9. The maximum Gasteiger partial charge on any atom is 0.331 e. The van der Waals surface area contributed by atoms with E-state index in [1.54, 1.807) is 0 Å². The van der Waals surface area contributed by atoms with Crippen LogP contribution in [0.15, 0.2) is 23.3 Å². The number of cyclic esters (lactones) is 1. The molecule has 5 fully saturated rings. The molecule has 0 radical (unpaired) electrons. The molecule has 10 heteroatoms. The average Bonchev–Trinajstić information content (AvgIpc) is 3.45. The van der Waals surface area contributed by atoms with Gasteiger partial charge in [0.25, 0.3) is 0 Å². The predicted molar refractivity (Wildman–Crippen MR) is 137 cm³/mol. The zero-order valence-electron chi connectivity index (χ0n) is 23.5. The van der Waals surface area contributed by atoms with Crippen molar-refractivity contribution >= 4 is 11.8 Å². The topological polar surface area (TPSA) is 141 Å². The number of aliphatic hydroxyl groups excluding tert-OH is 1. The summed E-state index contributed by atoms with van der Waals surface area (Å²) in [5.74, 6) is -3.74. The number of aliphatic hydroxyl groups is 3. The zero-order valence-corrected chi connectivity index (χ0v) is 23.5. The highest BCUT2D eigenvalue weighted by Crippen LogP contribution is 2.68. The molecule has 0 unspecified atom stereocenters. The number of carbonyl (C=O) groups excluding carboxylic acids is 2. The fourth-order valence-electron chi connectivity index (χ4n) is 9.80. The van der Waals surface area contributed by atoms with Crippen molar-refractivity contribution in [3.63, 3.8) is 0 Å². The Balaban J connectivity index is 1.23. The fraction of sp³-hybridized carbons (Fsp3) is 0.800. The van der Waals surface area contributed by atoms with Gasteiger partial charge < -0.3 is 39.0 Å². The van der Waals surface area contributed by atoms with E-state index in [1.165, 1.54) is 13.2 Å². The molecule has 0 aromatic heterocycles. The molecule has 0 bridgehead atoms. The summed E-state index contributed by atoms with van der Waals surface area (Å²) in [5, 5.41) is 35.6. The van der Waals surface area contributed by atoms with Gasteiger partial charge in [0.2, 0.25) is 12.1 Å². The van der Waals surface area contributed by atoms with Crippen molar-refractivity contribution in [2.24, 2.45) is 28.6 Å². The highest BCUT2D eigenvalue weighted by Gasteiger charge is 2.74. The number of fused-ring (bicyclic) bond motifs is 7. The van der Waals surface area contributed by atoms with Crippen molar-refractivity contribution in [2.75, 3.05) is 13.7 Å². The van der Waals surface area contributed by atoms with Gasteiger partial charge in [-0.1, -0.05) is 25.5 Å². The Morgan fingerprint density at radius 1 is 1.12 bits per heavy atom. The standard InChI is InChI=1S/C30H40O10/c1-14-9-21(36-4)30(35)26(38-14)39-20-12-27(2)16(11-19(20)40-30)5-6-18-23(27)24(32)25(33)28(3)17(7-8-29(18,28)34)15-10-22(31)37-13-15/h10-11,14,17-21,23,25-26,33-35H,5-9,12-13H2,1-4H3/t14-,17-,18-,19-,20-,21+,23-,25-,26+,27+,28+,29+,30+/m1/s1. The number of methoxy groups -OCH3 is 1. The Kier molecular flexibility index (Phi) is 5.91. The first-order chi connectivity index (χ1) is 18.9. The highest BCUT2D eigenvalue weighted by atomic mass is 16.8. The normalized spacial score (nSPS) is 55.2. The molecule has 3 saturated carbocycles. The molecule has 2 saturated heterocycles. The van der Waals surface area contributed by atoms with Crippen LogP contribution in [0.5, 0.6) is 0 Å². The lowest BCUT2D eigenvalue weighted by Crippen LogP contribution is -2.72. The van der Waals surface area contributed by atoms with Crippen molar-refractivity contribution in [1.82, 2.24) is 0 Å². The summed E-state index contributed by atoms with van der Waals surface area (Å²) in [5.41, 5.74) is -1.32. The minimum Gasteiger partial charge on any atom is -0.458 e. The minimum atomic E-state index is -1.75. The molecular formula is C30H40O10. The molecule has 4 aliphatic carbocycles. The lowest BCUT2D eigenvalue weighted by Gasteiger charge is -2.63. The molecule has 7 aliphatic rings. The SMILES string of the molecule is CO[C@H]1C[C@@H](C)O[C@H]2O[C@@H]3C[C@@]4(C)C(=C[C@H]3O[C@]21O)CC[C@@H]1[C@@H]4C(=O)[C@@H](O)[C@]2(C)[C@@H](C3=CC(=O)OC3)CC[C@]12O. The van der Waals surface area contributed by atoms with E-state index in [-0.39, 0.29) is 30.3 Å². The van der Waals surface area contributed by atoms with Gasteiger partial charge in [-0.05, 0) is 56.4 Å². The quantitative estimate of drug-likeness (QED) is 0.336. The van der Waals surface area contributed by atoms with Crippen molar-refractivity contribution in [1.29, 1.82) is 0 Å². The van der Waals surface area contributed by atoms with Gasteiger partial charge in [0, 0.05) is 36.4 Å². The van der Waals surface area contributed by atoms with Gasteiger partial charge in [0.05, 0.1) is 17.8 Å². The molecule has 40 heavy (non-hydrogen) atoms. The Bertz CT molecular complexity index is 1200. The molecule has 10 nitrogen and oxygen atoms in total. The summed E-state index contributed by atoms with van der Waals surface area (Å²) in [6.45, 7) is 5.87. The number of allylic oxidation sites excluding steroid dienone is 1. The van der Waals surface area contributed by atoms with Crippen molar-refractivity contribution < 1.29 is 48.6 Å².